The number of hydrogen-bond acceptors (Lipinski definition) is 6. The first-order chi connectivity index (χ1) is 9.34. The first-order valence-electron chi connectivity index (χ1n) is 6.74. The standard InChI is InChI=1S/C12H18N6O/c13-7-12(5-3-1-2-4-6-12)11-16-10(18-19-11)9-14-8-15-17-9/h8H,1-7,13H2,(H,14,15,17). The van der Waals surface area contributed by atoms with Crippen LogP contribution in [0.25, 0.3) is 11.6 Å². The Balaban J connectivity index is 1.91. The Kier molecular flexibility index (Phi) is 3.29. The molecule has 1 aliphatic carbocycles. The normalized spacial score (nSPS) is 19.2. The van der Waals surface area contributed by atoms with Gasteiger partial charge < -0.3 is 10.3 Å². The molecule has 3 N–H and O–H groups in total. The Labute approximate surface area is 111 Å². The highest BCUT2D eigenvalue weighted by molar-refractivity contribution is 5.40. The van der Waals surface area contributed by atoms with Crippen LogP contribution >= 0.6 is 0 Å². The minimum atomic E-state index is -0.165. The number of nitrogens with one attached hydrogen (secondary N) is 1. The third-order valence-electron chi connectivity index (χ3n) is 3.96. The van der Waals surface area contributed by atoms with Crippen molar-refractivity contribution in [1.82, 2.24) is 25.3 Å². The number of nitrogens with two attached hydrogens (primary N) is 1. The Morgan fingerprint density at radius 1 is 1.26 bits per heavy atom. The van der Waals surface area contributed by atoms with E-state index < -0.39 is 0 Å². The maximum atomic E-state index is 6.00. The van der Waals surface area contributed by atoms with Crippen molar-refractivity contribution in [1.29, 1.82) is 0 Å². The molecule has 2 aromatic rings. The van der Waals surface area contributed by atoms with Crippen molar-refractivity contribution in [3.05, 3.63) is 12.2 Å². The zero-order chi connectivity index (χ0) is 13.1. The van der Waals surface area contributed by atoms with E-state index in [0.29, 0.717) is 24.1 Å². The predicted octanol–water partition coefficient (Wildman–Crippen LogP) is 1.41. The molecule has 0 radical (unpaired) electrons. The van der Waals surface area contributed by atoms with Crippen molar-refractivity contribution in [3.63, 3.8) is 0 Å². The van der Waals surface area contributed by atoms with Crippen LogP contribution in [-0.4, -0.2) is 31.9 Å². The Morgan fingerprint density at radius 2 is 2.05 bits per heavy atom. The van der Waals surface area contributed by atoms with E-state index in [1.165, 1.54) is 19.2 Å². The van der Waals surface area contributed by atoms with E-state index in [1.807, 2.05) is 0 Å². The molecule has 0 aromatic carbocycles. The third-order valence-corrected chi connectivity index (χ3v) is 3.96. The average molecular weight is 262 g/mol. The third kappa shape index (κ3) is 2.25. The molecule has 19 heavy (non-hydrogen) atoms. The highest BCUT2D eigenvalue weighted by atomic mass is 16.5. The number of nitrogens with zero attached hydrogens (tertiary/aromatic N) is 4. The number of hydrogen-bond donors (Lipinski definition) is 2. The monoisotopic (exact) mass is 262 g/mol. The maximum Gasteiger partial charge on any atom is 0.239 e. The maximum absolute atomic E-state index is 6.00. The van der Waals surface area contributed by atoms with Crippen LogP contribution in [0.5, 0.6) is 0 Å². The van der Waals surface area contributed by atoms with Crippen LogP contribution in [0.3, 0.4) is 0 Å². The van der Waals surface area contributed by atoms with E-state index in [1.54, 1.807) is 0 Å². The van der Waals surface area contributed by atoms with Gasteiger partial charge in [-0.1, -0.05) is 30.8 Å². The lowest BCUT2D eigenvalue weighted by atomic mass is 9.80. The minimum Gasteiger partial charge on any atom is -0.338 e. The lowest BCUT2D eigenvalue weighted by Crippen LogP contribution is -2.35. The summed E-state index contributed by atoms with van der Waals surface area (Å²) < 4.78 is 5.45. The fourth-order valence-corrected chi connectivity index (χ4v) is 2.76. The molecule has 1 fully saturated rings. The van der Waals surface area contributed by atoms with Crippen LogP contribution < -0.4 is 5.73 Å². The smallest absolute Gasteiger partial charge is 0.239 e. The van der Waals surface area contributed by atoms with Crippen LogP contribution in [0.15, 0.2) is 10.9 Å². The van der Waals surface area contributed by atoms with Gasteiger partial charge in [-0.2, -0.15) is 10.1 Å². The summed E-state index contributed by atoms with van der Waals surface area (Å²) in [6.07, 6.45) is 8.29. The van der Waals surface area contributed by atoms with Gasteiger partial charge in [-0.05, 0) is 12.8 Å². The molecule has 0 atom stereocenters. The zero-order valence-corrected chi connectivity index (χ0v) is 10.8. The summed E-state index contributed by atoms with van der Waals surface area (Å²) in [5.41, 5.74) is 5.84. The number of rotatable bonds is 3. The molecule has 0 saturated heterocycles. The Bertz CT molecular complexity index is 512. The highest BCUT2D eigenvalue weighted by Gasteiger charge is 2.37. The molecule has 2 heterocycles. The molecule has 0 spiro atoms. The van der Waals surface area contributed by atoms with Gasteiger partial charge in [0.25, 0.3) is 0 Å². The van der Waals surface area contributed by atoms with Gasteiger partial charge in [0.15, 0.2) is 5.82 Å². The van der Waals surface area contributed by atoms with Gasteiger partial charge in [-0.3, -0.25) is 5.10 Å². The number of aromatic nitrogens is 5. The highest BCUT2D eigenvalue weighted by Crippen LogP contribution is 2.37. The summed E-state index contributed by atoms with van der Waals surface area (Å²) >= 11 is 0. The molecule has 102 valence electrons. The Morgan fingerprint density at radius 3 is 2.68 bits per heavy atom. The van der Waals surface area contributed by atoms with Gasteiger partial charge in [0.2, 0.25) is 11.7 Å². The molecule has 1 saturated carbocycles. The first-order valence-corrected chi connectivity index (χ1v) is 6.74. The summed E-state index contributed by atoms with van der Waals surface area (Å²) in [6, 6.07) is 0. The fraction of sp³-hybridized carbons (Fsp3) is 0.667. The van der Waals surface area contributed by atoms with Crippen molar-refractivity contribution in [2.45, 2.75) is 43.9 Å². The van der Waals surface area contributed by atoms with E-state index in [9.17, 15) is 0 Å². The molecule has 0 amide bonds. The zero-order valence-electron chi connectivity index (χ0n) is 10.8. The van der Waals surface area contributed by atoms with Crippen LogP contribution in [0.4, 0.5) is 0 Å². The molecule has 0 aliphatic heterocycles. The fourth-order valence-electron chi connectivity index (χ4n) is 2.76. The molecule has 0 bridgehead atoms. The second-order valence-corrected chi connectivity index (χ2v) is 5.16. The summed E-state index contributed by atoms with van der Waals surface area (Å²) in [5, 5.41) is 10.5. The van der Waals surface area contributed by atoms with E-state index in [0.717, 1.165) is 25.7 Å². The van der Waals surface area contributed by atoms with Gasteiger partial charge in [0, 0.05) is 6.54 Å². The van der Waals surface area contributed by atoms with Gasteiger partial charge in [-0.15, -0.1) is 0 Å². The Hall–Kier alpha value is -1.76. The van der Waals surface area contributed by atoms with Crippen molar-refractivity contribution in [2.24, 2.45) is 5.73 Å². The van der Waals surface area contributed by atoms with Crippen LogP contribution in [-0.2, 0) is 5.41 Å². The average Bonchev–Trinajstić information content (AvgIpc) is 3.06. The first kappa shape index (κ1) is 12.3. The van der Waals surface area contributed by atoms with Gasteiger partial charge in [-0.25, -0.2) is 4.98 Å². The molecule has 0 unspecified atom stereocenters. The second kappa shape index (κ2) is 5.08. The van der Waals surface area contributed by atoms with E-state index in [-0.39, 0.29) is 5.41 Å². The van der Waals surface area contributed by atoms with Crippen molar-refractivity contribution >= 4 is 0 Å². The van der Waals surface area contributed by atoms with Gasteiger partial charge in [0.05, 0.1) is 5.41 Å². The van der Waals surface area contributed by atoms with Crippen molar-refractivity contribution in [2.75, 3.05) is 6.54 Å². The molecular weight excluding hydrogens is 244 g/mol. The van der Waals surface area contributed by atoms with E-state index in [4.69, 9.17) is 10.3 Å². The topological polar surface area (TPSA) is 107 Å². The molecular formula is C12H18N6O. The van der Waals surface area contributed by atoms with E-state index >= 15 is 0 Å². The van der Waals surface area contributed by atoms with Crippen molar-refractivity contribution in [3.8, 4) is 11.6 Å². The van der Waals surface area contributed by atoms with Crippen molar-refractivity contribution < 1.29 is 4.52 Å². The van der Waals surface area contributed by atoms with Crippen LogP contribution in [0.2, 0.25) is 0 Å². The SMILES string of the molecule is NCC1(c2nc(-c3ncn[nH]3)no2)CCCCCC1. The lowest BCUT2D eigenvalue weighted by molar-refractivity contribution is 0.257. The second-order valence-electron chi connectivity index (χ2n) is 5.16. The van der Waals surface area contributed by atoms with Crippen LogP contribution in [0.1, 0.15) is 44.4 Å². The van der Waals surface area contributed by atoms with Crippen LogP contribution in [0, 0.1) is 0 Å². The summed E-state index contributed by atoms with van der Waals surface area (Å²) in [7, 11) is 0. The molecule has 7 heteroatoms. The quantitative estimate of drug-likeness (QED) is 0.810. The number of H-pyrrole nitrogens is 1. The molecule has 7 nitrogen and oxygen atoms in total. The number of aromatic amines is 1. The molecule has 3 rings (SSSR count). The molecule has 1 aliphatic rings. The predicted molar refractivity (Wildman–Crippen MR) is 68.1 cm³/mol. The van der Waals surface area contributed by atoms with E-state index in [2.05, 4.69) is 25.3 Å². The minimum absolute atomic E-state index is 0.165. The van der Waals surface area contributed by atoms with Gasteiger partial charge >= 0.3 is 0 Å². The van der Waals surface area contributed by atoms with Gasteiger partial charge in [0.1, 0.15) is 6.33 Å². The molecule has 2 aromatic heterocycles. The summed E-state index contributed by atoms with van der Waals surface area (Å²) in [6.45, 7) is 0.547. The summed E-state index contributed by atoms with van der Waals surface area (Å²) in [5.74, 6) is 1.61. The lowest BCUT2D eigenvalue weighted by Gasteiger charge is -2.26. The largest absolute Gasteiger partial charge is 0.338 e. The summed E-state index contributed by atoms with van der Waals surface area (Å²) in [4.78, 5) is 8.50.